The molecule has 3 unspecified atom stereocenters. The monoisotopic (exact) mass is 152 g/mol. The zero-order valence-electron chi connectivity index (χ0n) is 7.46. The number of hydrogen-bond donors (Lipinski definition) is 1. The Morgan fingerprint density at radius 1 is 1.55 bits per heavy atom. The van der Waals surface area contributed by atoms with Crippen molar-refractivity contribution in [1.82, 2.24) is 0 Å². The molecule has 0 aromatic heterocycles. The second-order valence-corrected chi connectivity index (χ2v) is 4.65. The van der Waals surface area contributed by atoms with Gasteiger partial charge in [-0.05, 0) is 29.7 Å². The number of hydrogen-bond acceptors (Lipinski definition) is 1. The quantitative estimate of drug-likeness (QED) is 0.566. The van der Waals surface area contributed by atoms with Crippen LogP contribution < -0.4 is 0 Å². The van der Waals surface area contributed by atoms with Crippen molar-refractivity contribution < 1.29 is 5.11 Å². The topological polar surface area (TPSA) is 20.2 Å². The minimum Gasteiger partial charge on any atom is -0.512 e. The van der Waals surface area contributed by atoms with Gasteiger partial charge in [-0.15, -0.1) is 0 Å². The summed E-state index contributed by atoms with van der Waals surface area (Å²) in [5.41, 5.74) is 0.450. The van der Waals surface area contributed by atoms with Crippen molar-refractivity contribution in [2.75, 3.05) is 0 Å². The lowest BCUT2D eigenvalue weighted by Crippen LogP contribution is -2.50. The molecule has 1 N–H and O–H groups in total. The summed E-state index contributed by atoms with van der Waals surface area (Å²) in [6, 6.07) is 0. The molecule has 3 atom stereocenters. The molecule has 0 aliphatic heterocycles. The first-order chi connectivity index (χ1) is 5.03. The summed E-state index contributed by atoms with van der Waals surface area (Å²) in [5.74, 6) is 2.39. The number of aliphatic hydroxyl groups excluding tert-OH is 1. The Morgan fingerprint density at radius 3 is 2.55 bits per heavy atom. The van der Waals surface area contributed by atoms with E-state index in [4.69, 9.17) is 0 Å². The van der Waals surface area contributed by atoms with Crippen LogP contribution in [0.1, 0.15) is 27.2 Å². The third-order valence-corrected chi connectivity index (χ3v) is 3.86. The average Bonchev–Trinajstić information content (AvgIpc) is 1.93. The number of rotatable bonds is 0. The van der Waals surface area contributed by atoms with E-state index in [1.165, 1.54) is 6.42 Å². The van der Waals surface area contributed by atoms with E-state index in [1.807, 2.05) is 0 Å². The maximum Gasteiger partial charge on any atom is 0.0916 e. The molecule has 2 bridgehead atoms. The molecule has 1 nitrogen and oxygen atoms in total. The minimum absolute atomic E-state index is 0.398. The second kappa shape index (κ2) is 1.82. The molecule has 0 saturated heterocycles. The summed E-state index contributed by atoms with van der Waals surface area (Å²) in [5, 5.41) is 9.47. The van der Waals surface area contributed by atoms with Crippen molar-refractivity contribution in [3.8, 4) is 0 Å². The normalized spacial score (nSPS) is 46.1. The van der Waals surface area contributed by atoms with Gasteiger partial charge in [0, 0.05) is 5.92 Å². The number of allylic oxidation sites excluding steroid dienone is 2. The Morgan fingerprint density at radius 2 is 2.18 bits per heavy atom. The molecule has 1 heteroatoms. The minimum atomic E-state index is 0.398. The highest BCUT2D eigenvalue weighted by atomic mass is 16.3. The van der Waals surface area contributed by atoms with Gasteiger partial charge in [-0.1, -0.05) is 20.8 Å². The molecule has 0 aromatic rings. The van der Waals surface area contributed by atoms with E-state index in [9.17, 15) is 5.11 Å². The van der Waals surface area contributed by atoms with Gasteiger partial charge in [0.05, 0.1) is 5.76 Å². The zero-order valence-corrected chi connectivity index (χ0v) is 7.46. The van der Waals surface area contributed by atoms with Crippen LogP contribution in [0.5, 0.6) is 0 Å². The molecular formula is C10H16O. The largest absolute Gasteiger partial charge is 0.512 e. The summed E-state index contributed by atoms with van der Waals surface area (Å²) >= 11 is 0. The highest BCUT2D eigenvalue weighted by Crippen LogP contribution is 2.59. The number of fused-ring (bicyclic) bond motifs is 1. The molecule has 0 amide bonds. The van der Waals surface area contributed by atoms with Crippen molar-refractivity contribution in [1.29, 1.82) is 0 Å². The third kappa shape index (κ3) is 0.715. The SMILES string of the molecule is CC1C(O)=CC2CC1C2(C)C. The molecule has 3 rings (SSSR count). The van der Waals surface area contributed by atoms with Crippen LogP contribution in [0.25, 0.3) is 0 Å². The van der Waals surface area contributed by atoms with Gasteiger partial charge in [0.2, 0.25) is 0 Å². The smallest absolute Gasteiger partial charge is 0.0916 e. The highest BCUT2D eigenvalue weighted by Gasteiger charge is 2.53. The Labute approximate surface area is 68.1 Å². The Kier molecular flexibility index (Phi) is 1.19. The van der Waals surface area contributed by atoms with Gasteiger partial charge in [-0.3, -0.25) is 0 Å². The van der Waals surface area contributed by atoms with Gasteiger partial charge in [0.25, 0.3) is 0 Å². The lowest BCUT2D eigenvalue weighted by molar-refractivity contribution is -0.0466. The van der Waals surface area contributed by atoms with Crippen molar-refractivity contribution >= 4 is 0 Å². The maximum atomic E-state index is 9.47. The first-order valence-electron chi connectivity index (χ1n) is 4.44. The third-order valence-electron chi connectivity index (χ3n) is 3.86. The summed E-state index contributed by atoms with van der Waals surface area (Å²) in [4.78, 5) is 0. The fraction of sp³-hybridized carbons (Fsp3) is 0.800. The Hall–Kier alpha value is -0.460. The average molecular weight is 152 g/mol. The van der Waals surface area contributed by atoms with E-state index in [2.05, 4.69) is 26.8 Å². The van der Waals surface area contributed by atoms with E-state index in [-0.39, 0.29) is 0 Å². The summed E-state index contributed by atoms with van der Waals surface area (Å²) in [6.45, 7) is 6.75. The van der Waals surface area contributed by atoms with Crippen LogP contribution in [0, 0.1) is 23.2 Å². The Balaban J connectivity index is 2.32. The molecule has 1 saturated carbocycles. The highest BCUT2D eigenvalue weighted by molar-refractivity contribution is 5.19. The van der Waals surface area contributed by atoms with Gasteiger partial charge in [-0.25, -0.2) is 0 Å². The fourth-order valence-electron chi connectivity index (χ4n) is 2.69. The van der Waals surface area contributed by atoms with Crippen molar-refractivity contribution in [3.63, 3.8) is 0 Å². The van der Waals surface area contributed by atoms with Gasteiger partial charge in [0.15, 0.2) is 0 Å². The lowest BCUT2D eigenvalue weighted by atomic mass is 9.48. The molecule has 0 radical (unpaired) electrons. The van der Waals surface area contributed by atoms with Crippen LogP contribution in [-0.2, 0) is 0 Å². The van der Waals surface area contributed by atoms with E-state index in [0.29, 0.717) is 23.0 Å². The van der Waals surface area contributed by atoms with Crippen LogP contribution in [0.4, 0.5) is 0 Å². The summed E-state index contributed by atoms with van der Waals surface area (Å²) in [7, 11) is 0. The van der Waals surface area contributed by atoms with Gasteiger partial charge >= 0.3 is 0 Å². The van der Waals surface area contributed by atoms with Crippen LogP contribution >= 0.6 is 0 Å². The van der Waals surface area contributed by atoms with Crippen LogP contribution in [0.3, 0.4) is 0 Å². The Bertz CT molecular complexity index is 215. The zero-order chi connectivity index (χ0) is 8.22. The molecule has 11 heavy (non-hydrogen) atoms. The first-order valence-corrected chi connectivity index (χ1v) is 4.44. The molecule has 0 aromatic carbocycles. The van der Waals surface area contributed by atoms with E-state index in [0.717, 1.165) is 5.92 Å². The molecule has 62 valence electrons. The predicted octanol–water partition coefficient (Wildman–Crippen LogP) is 2.74. The molecule has 0 spiro atoms. The molecule has 3 aliphatic carbocycles. The fourth-order valence-corrected chi connectivity index (χ4v) is 2.69. The van der Waals surface area contributed by atoms with Crippen LogP contribution in [0.15, 0.2) is 11.8 Å². The molecule has 0 heterocycles. The lowest BCUT2D eigenvalue weighted by Gasteiger charge is -2.57. The van der Waals surface area contributed by atoms with E-state index in [1.54, 1.807) is 0 Å². The van der Waals surface area contributed by atoms with E-state index < -0.39 is 0 Å². The molecule has 3 aliphatic rings. The maximum absolute atomic E-state index is 9.47. The summed E-state index contributed by atoms with van der Waals surface area (Å²) < 4.78 is 0. The van der Waals surface area contributed by atoms with Crippen LogP contribution in [0.2, 0.25) is 0 Å². The van der Waals surface area contributed by atoms with Gasteiger partial charge in [0.1, 0.15) is 0 Å². The second-order valence-electron chi connectivity index (χ2n) is 4.65. The predicted molar refractivity (Wildman–Crippen MR) is 45.3 cm³/mol. The molecule has 1 fully saturated rings. The van der Waals surface area contributed by atoms with Crippen molar-refractivity contribution in [2.24, 2.45) is 23.2 Å². The van der Waals surface area contributed by atoms with Gasteiger partial charge < -0.3 is 5.11 Å². The van der Waals surface area contributed by atoms with Crippen LogP contribution in [-0.4, -0.2) is 5.11 Å². The van der Waals surface area contributed by atoms with E-state index >= 15 is 0 Å². The standard InChI is InChI=1S/C10H16O/c1-6-8-4-7(5-9(6)11)10(8,2)3/h5-8,11H,4H2,1-3H3. The first kappa shape index (κ1) is 7.20. The molecular weight excluding hydrogens is 136 g/mol. The van der Waals surface area contributed by atoms with Crippen molar-refractivity contribution in [3.05, 3.63) is 11.8 Å². The van der Waals surface area contributed by atoms with Crippen molar-refractivity contribution in [2.45, 2.75) is 27.2 Å². The van der Waals surface area contributed by atoms with Gasteiger partial charge in [-0.2, -0.15) is 0 Å². The number of aliphatic hydroxyl groups is 1. The summed E-state index contributed by atoms with van der Waals surface area (Å²) in [6.07, 6.45) is 3.35.